The van der Waals surface area contributed by atoms with Crippen molar-refractivity contribution in [1.29, 1.82) is 0 Å². The molecule has 0 saturated heterocycles. The van der Waals surface area contributed by atoms with E-state index in [0.717, 1.165) is 56.3 Å². The number of carbonyl (C=O) groups is 5. The van der Waals surface area contributed by atoms with Gasteiger partial charge in [-0.25, -0.2) is 9.59 Å². The van der Waals surface area contributed by atoms with E-state index in [1.807, 2.05) is 24.3 Å². The molecule has 11 nitrogen and oxygen atoms in total. The standard InChI is InChI=1S/C40H48O11/c1-29(27-37(42)46-3)40(45)50-26-25-48-34-20-16-32(17-21-34)36(41)22-15-31-13-18-33(19-14-31)47-23-9-4-5-10-24-49-39(44)30(2)28-38(43)51-35-11-7-6-8-12-35/h13-22,35H,1-2,4-12,23-28H2,3H3/b22-15+. The summed E-state index contributed by atoms with van der Waals surface area (Å²) < 4.78 is 31.6. The summed E-state index contributed by atoms with van der Waals surface area (Å²) in [5.41, 5.74) is 1.45. The van der Waals surface area contributed by atoms with Crippen molar-refractivity contribution in [3.8, 4) is 11.5 Å². The molecule has 274 valence electrons. The first-order chi connectivity index (χ1) is 24.6. The molecule has 51 heavy (non-hydrogen) atoms. The third-order valence-corrected chi connectivity index (χ3v) is 7.94. The van der Waals surface area contributed by atoms with Gasteiger partial charge in [-0.1, -0.05) is 37.8 Å². The van der Waals surface area contributed by atoms with Crippen LogP contribution < -0.4 is 9.47 Å². The Balaban J connectivity index is 1.23. The van der Waals surface area contributed by atoms with Crippen molar-refractivity contribution < 1.29 is 52.4 Å². The summed E-state index contributed by atoms with van der Waals surface area (Å²) in [5, 5.41) is 0. The zero-order chi connectivity index (χ0) is 36.8. The molecule has 1 fully saturated rings. The van der Waals surface area contributed by atoms with E-state index in [1.165, 1.54) is 19.6 Å². The highest BCUT2D eigenvalue weighted by Gasteiger charge is 2.20. The van der Waals surface area contributed by atoms with Gasteiger partial charge in [0.05, 0.1) is 33.2 Å². The molecule has 0 aromatic heterocycles. The van der Waals surface area contributed by atoms with Crippen molar-refractivity contribution in [2.75, 3.05) is 33.5 Å². The van der Waals surface area contributed by atoms with E-state index in [-0.39, 0.29) is 55.7 Å². The van der Waals surface area contributed by atoms with E-state index in [9.17, 15) is 24.0 Å². The number of ether oxygens (including phenoxy) is 6. The Labute approximate surface area is 299 Å². The molecule has 0 bridgehead atoms. The van der Waals surface area contributed by atoms with Crippen LogP contribution in [0, 0.1) is 0 Å². The monoisotopic (exact) mass is 704 g/mol. The minimum absolute atomic E-state index is 0.00396. The maximum absolute atomic E-state index is 12.6. The van der Waals surface area contributed by atoms with Gasteiger partial charge in [0.25, 0.3) is 0 Å². The van der Waals surface area contributed by atoms with Gasteiger partial charge in [-0.2, -0.15) is 0 Å². The highest BCUT2D eigenvalue weighted by Crippen LogP contribution is 2.21. The molecule has 0 atom stereocenters. The average molecular weight is 705 g/mol. The molecule has 1 aliphatic rings. The normalized spacial score (nSPS) is 12.8. The van der Waals surface area contributed by atoms with Crippen LogP contribution in [0.3, 0.4) is 0 Å². The maximum atomic E-state index is 12.6. The zero-order valence-corrected chi connectivity index (χ0v) is 29.4. The Kier molecular flexibility index (Phi) is 17.8. The first-order valence-corrected chi connectivity index (χ1v) is 17.3. The van der Waals surface area contributed by atoms with Crippen LogP contribution in [-0.2, 0) is 38.1 Å². The fourth-order valence-electron chi connectivity index (χ4n) is 5.04. The SMILES string of the molecule is C=C(CC(=O)OC)C(=O)OCCOc1ccc(C(=O)/C=C/c2ccc(OCCCCCCOC(=O)C(=C)CC(=O)OC3CCCCC3)cc2)cc1. The van der Waals surface area contributed by atoms with Gasteiger partial charge in [-0.05, 0) is 99.4 Å². The largest absolute Gasteiger partial charge is 0.494 e. The molecule has 0 aliphatic heterocycles. The fraction of sp³-hybridized carbons (Fsp3) is 0.425. The fourth-order valence-corrected chi connectivity index (χ4v) is 5.04. The summed E-state index contributed by atoms with van der Waals surface area (Å²) in [4.78, 5) is 59.9. The first-order valence-electron chi connectivity index (χ1n) is 17.3. The van der Waals surface area contributed by atoms with Crippen LogP contribution in [0.2, 0.25) is 0 Å². The van der Waals surface area contributed by atoms with Crippen LogP contribution in [0.25, 0.3) is 6.08 Å². The van der Waals surface area contributed by atoms with Crippen LogP contribution in [0.5, 0.6) is 11.5 Å². The Morgan fingerprint density at radius 2 is 1.22 bits per heavy atom. The number of hydrogen-bond donors (Lipinski definition) is 0. The number of unbranched alkanes of at least 4 members (excludes halogenated alkanes) is 3. The summed E-state index contributed by atoms with van der Waals surface area (Å²) in [6.45, 7) is 8.06. The molecule has 0 N–H and O–H groups in total. The zero-order valence-electron chi connectivity index (χ0n) is 29.4. The van der Waals surface area contributed by atoms with Crippen LogP contribution in [0.1, 0.15) is 86.6 Å². The number of carbonyl (C=O) groups excluding carboxylic acids is 5. The molecule has 11 heteroatoms. The Morgan fingerprint density at radius 3 is 1.84 bits per heavy atom. The Bertz CT molecular complexity index is 1500. The predicted molar refractivity (Wildman–Crippen MR) is 190 cm³/mol. The van der Waals surface area contributed by atoms with Gasteiger partial charge in [0.1, 0.15) is 30.8 Å². The molecule has 0 heterocycles. The van der Waals surface area contributed by atoms with Gasteiger partial charge in [0, 0.05) is 16.7 Å². The number of hydrogen-bond acceptors (Lipinski definition) is 11. The third-order valence-electron chi connectivity index (χ3n) is 7.94. The molecule has 2 aromatic carbocycles. The highest BCUT2D eigenvalue weighted by molar-refractivity contribution is 6.06. The molecule has 3 rings (SSSR count). The van der Waals surface area contributed by atoms with Crippen molar-refractivity contribution in [1.82, 2.24) is 0 Å². The summed E-state index contributed by atoms with van der Waals surface area (Å²) in [7, 11) is 1.22. The average Bonchev–Trinajstić information content (AvgIpc) is 3.14. The lowest BCUT2D eigenvalue weighted by Gasteiger charge is -2.21. The third kappa shape index (κ3) is 15.9. The topological polar surface area (TPSA) is 141 Å². The van der Waals surface area contributed by atoms with Crippen molar-refractivity contribution in [2.45, 2.75) is 76.7 Å². The summed E-state index contributed by atoms with van der Waals surface area (Å²) in [6.07, 6.45) is 11.2. The first kappa shape index (κ1) is 40.2. The second kappa shape index (κ2) is 22.5. The van der Waals surface area contributed by atoms with Crippen molar-refractivity contribution in [3.63, 3.8) is 0 Å². The van der Waals surface area contributed by atoms with Crippen molar-refractivity contribution >= 4 is 35.7 Å². The van der Waals surface area contributed by atoms with Gasteiger partial charge >= 0.3 is 23.9 Å². The van der Waals surface area contributed by atoms with Gasteiger partial charge in [-0.15, -0.1) is 0 Å². The molecule has 1 saturated carbocycles. The van der Waals surface area contributed by atoms with Crippen molar-refractivity contribution in [3.05, 3.63) is 90.0 Å². The van der Waals surface area contributed by atoms with E-state index in [2.05, 4.69) is 17.9 Å². The number of ketones is 1. The number of benzene rings is 2. The maximum Gasteiger partial charge on any atom is 0.334 e. The van der Waals surface area contributed by atoms with Gasteiger partial charge in [0.2, 0.25) is 0 Å². The minimum atomic E-state index is -0.698. The number of rotatable bonds is 22. The second-order valence-corrected chi connectivity index (χ2v) is 12.1. The molecule has 1 aliphatic carbocycles. The summed E-state index contributed by atoms with van der Waals surface area (Å²) in [5.74, 6) is -1.19. The van der Waals surface area contributed by atoms with E-state index in [0.29, 0.717) is 24.3 Å². The number of allylic oxidation sites excluding steroid dienone is 1. The van der Waals surface area contributed by atoms with Gasteiger partial charge < -0.3 is 28.4 Å². The number of methoxy groups -OCH3 is 1. The molecule has 0 spiro atoms. The van der Waals surface area contributed by atoms with Crippen LogP contribution in [0.4, 0.5) is 0 Å². The van der Waals surface area contributed by atoms with Gasteiger partial charge in [-0.3, -0.25) is 14.4 Å². The molecule has 2 aromatic rings. The van der Waals surface area contributed by atoms with Crippen molar-refractivity contribution in [2.24, 2.45) is 0 Å². The second-order valence-electron chi connectivity index (χ2n) is 12.1. The molecular formula is C40H48O11. The molecular weight excluding hydrogens is 656 g/mol. The number of esters is 4. The van der Waals surface area contributed by atoms with E-state index in [4.69, 9.17) is 23.7 Å². The summed E-state index contributed by atoms with van der Waals surface area (Å²) in [6, 6.07) is 14.0. The molecule has 0 amide bonds. The van der Waals surface area contributed by atoms with Crippen LogP contribution in [0.15, 0.2) is 78.9 Å². The Hall–Kier alpha value is -5.19. The van der Waals surface area contributed by atoms with Crippen LogP contribution in [-0.4, -0.2) is 69.3 Å². The van der Waals surface area contributed by atoms with E-state index >= 15 is 0 Å². The molecule has 0 unspecified atom stereocenters. The highest BCUT2D eigenvalue weighted by atomic mass is 16.6. The molecule has 0 radical (unpaired) electrons. The quantitative estimate of drug-likeness (QED) is 0.0414. The lowest BCUT2D eigenvalue weighted by atomic mass is 9.98. The smallest absolute Gasteiger partial charge is 0.334 e. The van der Waals surface area contributed by atoms with E-state index in [1.54, 1.807) is 30.3 Å². The van der Waals surface area contributed by atoms with Crippen LogP contribution >= 0.6 is 0 Å². The Morgan fingerprint density at radius 1 is 0.667 bits per heavy atom. The van der Waals surface area contributed by atoms with E-state index < -0.39 is 23.9 Å². The minimum Gasteiger partial charge on any atom is -0.494 e. The lowest BCUT2D eigenvalue weighted by molar-refractivity contribution is -0.151. The summed E-state index contributed by atoms with van der Waals surface area (Å²) >= 11 is 0. The lowest BCUT2D eigenvalue weighted by Crippen LogP contribution is -2.22. The van der Waals surface area contributed by atoms with Gasteiger partial charge in [0.15, 0.2) is 5.78 Å². The predicted octanol–water partition coefficient (Wildman–Crippen LogP) is 6.93.